The lowest BCUT2D eigenvalue weighted by molar-refractivity contribution is 0.463. The van der Waals surface area contributed by atoms with Crippen LogP contribution in [0.3, 0.4) is 0 Å². The van der Waals surface area contributed by atoms with Gasteiger partial charge in [0.2, 0.25) is 0 Å². The quantitative estimate of drug-likeness (QED) is 0.668. The van der Waals surface area contributed by atoms with Gasteiger partial charge in [0, 0.05) is 0 Å². The van der Waals surface area contributed by atoms with Crippen molar-refractivity contribution in [1.82, 2.24) is 10.6 Å². The predicted molar refractivity (Wildman–Crippen MR) is 62.2 cm³/mol. The smallest absolute Gasteiger partial charge is 0.00494 e. The van der Waals surface area contributed by atoms with Crippen molar-refractivity contribution in [2.24, 2.45) is 5.92 Å². The van der Waals surface area contributed by atoms with Crippen molar-refractivity contribution >= 4 is 0 Å². The number of hydrogen-bond donors (Lipinski definition) is 2. The van der Waals surface area contributed by atoms with Crippen LogP contribution in [0.5, 0.6) is 0 Å². The summed E-state index contributed by atoms with van der Waals surface area (Å²) in [5, 5.41) is 5.93. The van der Waals surface area contributed by atoms with E-state index in [4.69, 9.17) is 0 Å². The molecular weight excluding hydrogens is 160 g/mol. The molecule has 82 valence electrons. The summed E-state index contributed by atoms with van der Waals surface area (Å²) in [6.07, 6.45) is 5.46. The summed E-state index contributed by atoms with van der Waals surface area (Å²) in [4.78, 5) is 0. The van der Waals surface area contributed by atoms with Gasteiger partial charge in [-0.15, -0.1) is 0 Å². The van der Waals surface area contributed by atoms with Gasteiger partial charge in [-0.1, -0.05) is 33.1 Å². The lowest BCUT2D eigenvalue weighted by Gasteiger charge is -2.08. The van der Waals surface area contributed by atoms with Crippen molar-refractivity contribution in [1.29, 1.82) is 0 Å². The monoisotopic (exact) mass is 188 g/mol. The lowest BCUT2D eigenvalue weighted by atomic mass is 10.0. The second-order valence-electron chi connectivity index (χ2n) is 3.64. The number of unbranched alkanes of at least 4 members (excludes halogenated alkanes) is 1. The molecule has 0 aliphatic heterocycles. The molecule has 0 saturated heterocycles. The first-order valence-electron chi connectivity index (χ1n) is 5.45. The summed E-state index contributed by atoms with van der Waals surface area (Å²) < 4.78 is 0. The highest BCUT2D eigenvalue weighted by Crippen LogP contribution is 2.10. The molecule has 0 rings (SSSR count). The molecule has 2 N–H and O–H groups in total. The zero-order valence-electron chi connectivity index (χ0n) is 10.1. The molecular formula is C11H28N2. The highest BCUT2D eigenvalue weighted by molar-refractivity contribution is 4.53. The third-order valence-electron chi connectivity index (χ3n) is 1.94. The molecule has 0 aliphatic rings. The predicted octanol–water partition coefficient (Wildman–Crippen LogP) is 2.26. The van der Waals surface area contributed by atoms with Gasteiger partial charge in [-0.2, -0.15) is 0 Å². The van der Waals surface area contributed by atoms with E-state index in [0.717, 1.165) is 5.92 Å². The summed E-state index contributed by atoms with van der Waals surface area (Å²) in [6.45, 7) is 5.77. The Balaban J connectivity index is 0. The fourth-order valence-electron chi connectivity index (χ4n) is 1.09. The first-order valence-corrected chi connectivity index (χ1v) is 5.45. The zero-order chi connectivity index (χ0) is 10.5. The Hall–Kier alpha value is -0.0800. The Kier molecular flexibility index (Phi) is 17.1. The Morgan fingerprint density at radius 3 is 2.00 bits per heavy atom. The van der Waals surface area contributed by atoms with E-state index >= 15 is 0 Å². The standard InChI is InChI=1S/C9H21N.C2H7N/c1-4-5-6-9(2)7-8-10-3;1-3-2/h9-10H,4-8H2,1-3H3;3H,1-2H3/t9-;/m1./s1. The van der Waals surface area contributed by atoms with Crippen LogP contribution in [-0.4, -0.2) is 27.7 Å². The Bertz CT molecular complexity index is 66.5. The van der Waals surface area contributed by atoms with Gasteiger partial charge < -0.3 is 10.6 Å². The molecule has 0 unspecified atom stereocenters. The van der Waals surface area contributed by atoms with Gasteiger partial charge in [0.05, 0.1) is 0 Å². The third-order valence-corrected chi connectivity index (χ3v) is 1.94. The van der Waals surface area contributed by atoms with Crippen LogP contribution < -0.4 is 10.6 Å². The van der Waals surface area contributed by atoms with Crippen molar-refractivity contribution in [3.63, 3.8) is 0 Å². The summed E-state index contributed by atoms with van der Waals surface area (Å²) in [7, 11) is 5.77. The molecule has 0 heterocycles. The number of rotatable bonds is 6. The average molecular weight is 188 g/mol. The van der Waals surface area contributed by atoms with Gasteiger partial charge in [0.1, 0.15) is 0 Å². The lowest BCUT2D eigenvalue weighted by Crippen LogP contribution is -2.11. The third kappa shape index (κ3) is 18.7. The molecule has 13 heavy (non-hydrogen) atoms. The minimum absolute atomic E-state index is 0.910. The summed E-state index contributed by atoms with van der Waals surface area (Å²) in [5.74, 6) is 0.910. The maximum absolute atomic E-state index is 3.18. The van der Waals surface area contributed by atoms with Crippen molar-refractivity contribution < 1.29 is 0 Å². The maximum Gasteiger partial charge on any atom is -0.00494 e. The molecule has 2 nitrogen and oxygen atoms in total. The Morgan fingerprint density at radius 1 is 1.08 bits per heavy atom. The van der Waals surface area contributed by atoms with Gasteiger partial charge in [0.15, 0.2) is 0 Å². The van der Waals surface area contributed by atoms with Crippen LogP contribution in [0.15, 0.2) is 0 Å². The largest absolute Gasteiger partial charge is 0.323 e. The van der Waals surface area contributed by atoms with Gasteiger partial charge in [0.25, 0.3) is 0 Å². The maximum atomic E-state index is 3.18. The highest BCUT2D eigenvalue weighted by Gasteiger charge is 1.98. The minimum Gasteiger partial charge on any atom is -0.323 e. The van der Waals surface area contributed by atoms with Crippen molar-refractivity contribution in [3.8, 4) is 0 Å². The van der Waals surface area contributed by atoms with E-state index in [1.54, 1.807) is 0 Å². The molecule has 0 aliphatic carbocycles. The molecule has 0 spiro atoms. The van der Waals surface area contributed by atoms with Crippen molar-refractivity contribution in [3.05, 3.63) is 0 Å². The fraction of sp³-hybridized carbons (Fsp3) is 1.00. The topological polar surface area (TPSA) is 24.1 Å². The zero-order valence-corrected chi connectivity index (χ0v) is 10.1. The minimum atomic E-state index is 0.910. The number of hydrogen-bond acceptors (Lipinski definition) is 2. The molecule has 0 bridgehead atoms. The van der Waals surface area contributed by atoms with Crippen molar-refractivity contribution in [2.75, 3.05) is 27.7 Å². The number of nitrogens with one attached hydrogen (secondary N) is 2. The van der Waals surface area contributed by atoms with E-state index in [9.17, 15) is 0 Å². The molecule has 0 radical (unpaired) electrons. The molecule has 0 fully saturated rings. The molecule has 0 aromatic rings. The van der Waals surface area contributed by atoms with Crippen LogP contribution in [0.4, 0.5) is 0 Å². The van der Waals surface area contributed by atoms with E-state index in [2.05, 4.69) is 24.5 Å². The summed E-state index contributed by atoms with van der Waals surface area (Å²) in [6, 6.07) is 0. The summed E-state index contributed by atoms with van der Waals surface area (Å²) in [5.41, 5.74) is 0. The molecule has 0 amide bonds. The average Bonchev–Trinajstić information content (AvgIpc) is 2.12. The summed E-state index contributed by atoms with van der Waals surface area (Å²) >= 11 is 0. The van der Waals surface area contributed by atoms with E-state index in [1.165, 1.54) is 32.2 Å². The van der Waals surface area contributed by atoms with Gasteiger partial charge in [-0.25, -0.2) is 0 Å². The molecule has 0 aromatic heterocycles. The molecule has 0 aromatic carbocycles. The van der Waals surface area contributed by atoms with E-state index in [0.29, 0.717) is 0 Å². The van der Waals surface area contributed by atoms with Gasteiger partial charge >= 0.3 is 0 Å². The molecule has 1 atom stereocenters. The van der Waals surface area contributed by atoms with Crippen LogP contribution in [0, 0.1) is 5.92 Å². The fourth-order valence-corrected chi connectivity index (χ4v) is 1.09. The van der Waals surface area contributed by atoms with E-state index in [1.807, 2.05) is 21.1 Å². The molecule has 2 heteroatoms. The van der Waals surface area contributed by atoms with Crippen LogP contribution in [0.2, 0.25) is 0 Å². The van der Waals surface area contributed by atoms with Crippen LogP contribution in [-0.2, 0) is 0 Å². The van der Waals surface area contributed by atoms with Crippen LogP contribution in [0.25, 0.3) is 0 Å². The Morgan fingerprint density at radius 2 is 1.62 bits per heavy atom. The normalized spacial score (nSPS) is 11.8. The first kappa shape index (κ1) is 15.4. The highest BCUT2D eigenvalue weighted by atomic mass is 14.8. The SMILES string of the molecule is CCCC[C@@H](C)CCNC.CNC. The second-order valence-corrected chi connectivity index (χ2v) is 3.64. The van der Waals surface area contributed by atoms with Gasteiger partial charge in [-0.05, 0) is 40.0 Å². The Labute approximate surface area is 84.5 Å². The van der Waals surface area contributed by atoms with Crippen LogP contribution in [0.1, 0.15) is 39.5 Å². The van der Waals surface area contributed by atoms with E-state index < -0.39 is 0 Å². The second kappa shape index (κ2) is 14.4. The van der Waals surface area contributed by atoms with Gasteiger partial charge in [-0.3, -0.25) is 0 Å². The van der Waals surface area contributed by atoms with E-state index in [-0.39, 0.29) is 0 Å². The first-order chi connectivity index (χ1) is 6.22. The van der Waals surface area contributed by atoms with Crippen molar-refractivity contribution in [2.45, 2.75) is 39.5 Å². The van der Waals surface area contributed by atoms with Crippen LogP contribution >= 0.6 is 0 Å². The molecule has 0 saturated carbocycles.